The maximum absolute atomic E-state index is 10.2. The van der Waals surface area contributed by atoms with Crippen LogP contribution in [0.2, 0.25) is 0 Å². The molecule has 0 bridgehead atoms. The molecule has 0 aromatic heterocycles. The van der Waals surface area contributed by atoms with Crippen LogP contribution in [0.5, 0.6) is 0 Å². The third-order valence-electron chi connectivity index (χ3n) is 0.696. The lowest BCUT2D eigenvalue weighted by Crippen LogP contribution is -2.12. The first kappa shape index (κ1) is 8.43. The van der Waals surface area contributed by atoms with Gasteiger partial charge in [-0.1, -0.05) is 13.8 Å². The van der Waals surface area contributed by atoms with Crippen LogP contribution in [0.1, 0.15) is 13.8 Å². The Hall–Kier alpha value is -0.570. The zero-order valence-electron chi connectivity index (χ0n) is 5.72. The van der Waals surface area contributed by atoms with Crippen LogP contribution in [0.4, 0.5) is 0 Å². The molecule has 0 saturated carbocycles. The Morgan fingerprint density at radius 2 is 2.11 bits per heavy atom. The molecular weight excluding hydrogens is 120 g/mol. The van der Waals surface area contributed by atoms with Crippen LogP contribution in [0.15, 0.2) is 0 Å². The molecule has 0 fully saturated rings. The molecule has 0 heterocycles. The highest BCUT2D eigenvalue weighted by atomic mass is 16.5. The Morgan fingerprint density at radius 3 is 2.44 bits per heavy atom. The molecule has 1 radical (unpaired) electrons. The molecule has 0 amide bonds. The first-order chi connectivity index (χ1) is 4.16. The second kappa shape index (κ2) is 4.32. The summed E-state index contributed by atoms with van der Waals surface area (Å²) < 4.78 is 4.50. The molecule has 0 aliphatic carbocycles. The Labute approximate surface area is 54.6 Å². The molecule has 9 heavy (non-hydrogen) atoms. The molecule has 0 aromatic rings. The largest absolute Gasteiger partial charge is 0.464 e. The average molecular weight is 131 g/mol. The SMILES string of the molecule is CC(C)COC(=O)C[O]. The van der Waals surface area contributed by atoms with Crippen molar-refractivity contribution in [1.82, 2.24) is 0 Å². The monoisotopic (exact) mass is 131 g/mol. The lowest BCUT2D eigenvalue weighted by Gasteiger charge is -2.03. The third-order valence-corrected chi connectivity index (χ3v) is 0.696. The number of hydrogen-bond donors (Lipinski definition) is 0. The van der Waals surface area contributed by atoms with Crippen molar-refractivity contribution in [3.05, 3.63) is 0 Å². The molecule has 3 heteroatoms. The number of carbonyl (C=O) groups is 1. The van der Waals surface area contributed by atoms with E-state index in [2.05, 4.69) is 4.74 Å². The fraction of sp³-hybridized carbons (Fsp3) is 0.833. The van der Waals surface area contributed by atoms with E-state index in [1.165, 1.54) is 0 Å². The minimum atomic E-state index is -0.771. The van der Waals surface area contributed by atoms with E-state index in [1.807, 2.05) is 13.8 Å². The van der Waals surface area contributed by atoms with Crippen LogP contribution < -0.4 is 0 Å². The van der Waals surface area contributed by atoms with E-state index in [1.54, 1.807) is 0 Å². The molecule has 0 unspecified atom stereocenters. The van der Waals surface area contributed by atoms with Gasteiger partial charge < -0.3 is 4.74 Å². The van der Waals surface area contributed by atoms with Gasteiger partial charge in [0.15, 0.2) is 6.61 Å². The summed E-state index contributed by atoms with van der Waals surface area (Å²) in [4.78, 5) is 10.2. The van der Waals surface area contributed by atoms with Gasteiger partial charge in [-0.05, 0) is 5.92 Å². The van der Waals surface area contributed by atoms with E-state index in [0.29, 0.717) is 12.5 Å². The zero-order chi connectivity index (χ0) is 7.28. The van der Waals surface area contributed by atoms with Crippen molar-refractivity contribution in [2.45, 2.75) is 13.8 Å². The molecule has 0 rings (SSSR count). The molecule has 0 atom stereocenters. The summed E-state index contributed by atoms with van der Waals surface area (Å²) in [6.45, 7) is 3.41. The predicted octanol–water partition coefficient (Wildman–Crippen LogP) is 0.616. The molecule has 0 saturated heterocycles. The third kappa shape index (κ3) is 5.30. The topological polar surface area (TPSA) is 46.2 Å². The van der Waals surface area contributed by atoms with Crippen LogP contribution in [0.25, 0.3) is 0 Å². The Kier molecular flexibility index (Phi) is 4.05. The van der Waals surface area contributed by atoms with Crippen molar-refractivity contribution in [3.8, 4) is 0 Å². The first-order valence-corrected chi connectivity index (χ1v) is 2.90. The quantitative estimate of drug-likeness (QED) is 0.527. The van der Waals surface area contributed by atoms with Gasteiger partial charge in [-0.2, -0.15) is 0 Å². The van der Waals surface area contributed by atoms with Crippen LogP contribution in [-0.2, 0) is 14.6 Å². The zero-order valence-corrected chi connectivity index (χ0v) is 5.72. The Morgan fingerprint density at radius 1 is 1.56 bits per heavy atom. The summed E-state index contributed by atoms with van der Waals surface area (Å²) >= 11 is 0. The second-order valence-corrected chi connectivity index (χ2v) is 2.22. The maximum atomic E-state index is 10.2. The van der Waals surface area contributed by atoms with Crippen molar-refractivity contribution in [3.63, 3.8) is 0 Å². The van der Waals surface area contributed by atoms with Gasteiger partial charge in [0.05, 0.1) is 6.61 Å². The van der Waals surface area contributed by atoms with E-state index < -0.39 is 12.6 Å². The Balaban J connectivity index is 3.17. The summed E-state index contributed by atoms with van der Waals surface area (Å²) in [6.07, 6.45) is 0. The summed E-state index contributed by atoms with van der Waals surface area (Å²) in [7, 11) is 0. The van der Waals surface area contributed by atoms with Crippen molar-refractivity contribution in [2.24, 2.45) is 5.92 Å². The van der Waals surface area contributed by atoms with Gasteiger partial charge in [-0.3, -0.25) is 0 Å². The fourth-order valence-electron chi connectivity index (χ4n) is 0.301. The lowest BCUT2D eigenvalue weighted by molar-refractivity contribution is -0.149. The second-order valence-electron chi connectivity index (χ2n) is 2.22. The van der Waals surface area contributed by atoms with E-state index in [9.17, 15) is 9.90 Å². The summed E-state index contributed by atoms with van der Waals surface area (Å²) in [5.41, 5.74) is 0. The summed E-state index contributed by atoms with van der Waals surface area (Å²) in [5, 5.41) is 9.77. The highest BCUT2D eigenvalue weighted by Gasteiger charge is 2.00. The van der Waals surface area contributed by atoms with E-state index in [-0.39, 0.29) is 0 Å². The van der Waals surface area contributed by atoms with Crippen molar-refractivity contribution < 1.29 is 14.6 Å². The molecule has 0 aliphatic rings. The van der Waals surface area contributed by atoms with Crippen LogP contribution >= 0.6 is 0 Å². The number of carbonyl (C=O) groups excluding carboxylic acids is 1. The van der Waals surface area contributed by atoms with Gasteiger partial charge in [0.2, 0.25) is 0 Å². The molecule has 0 aliphatic heterocycles. The van der Waals surface area contributed by atoms with Crippen LogP contribution in [0.3, 0.4) is 0 Å². The average Bonchev–Trinajstić information content (AvgIpc) is 1.83. The highest BCUT2D eigenvalue weighted by Crippen LogP contribution is 1.91. The minimum Gasteiger partial charge on any atom is -0.464 e. The van der Waals surface area contributed by atoms with Gasteiger partial charge in [-0.25, -0.2) is 9.90 Å². The van der Waals surface area contributed by atoms with Crippen molar-refractivity contribution in [1.29, 1.82) is 0 Å². The van der Waals surface area contributed by atoms with Crippen LogP contribution in [0, 0.1) is 5.92 Å². The number of ether oxygens (including phenoxy) is 1. The van der Waals surface area contributed by atoms with Crippen LogP contribution in [-0.4, -0.2) is 19.2 Å². The highest BCUT2D eigenvalue weighted by molar-refractivity contribution is 5.70. The fourth-order valence-corrected chi connectivity index (χ4v) is 0.301. The summed E-state index contributed by atoms with van der Waals surface area (Å²) in [6, 6.07) is 0. The van der Waals surface area contributed by atoms with Gasteiger partial charge in [0.1, 0.15) is 0 Å². The van der Waals surface area contributed by atoms with E-state index in [4.69, 9.17) is 0 Å². The smallest absolute Gasteiger partial charge is 0.335 e. The summed E-state index contributed by atoms with van der Waals surface area (Å²) in [5.74, 6) is -0.357. The molecule has 0 spiro atoms. The number of esters is 1. The predicted molar refractivity (Wildman–Crippen MR) is 31.4 cm³/mol. The van der Waals surface area contributed by atoms with Gasteiger partial charge >= 0.3 is 5.97 Å². The molecule has 0 N–H and O–H groups in total. The lowest BCUT2D eigenvalue weighted by atomic mass is 10.2. The molecule has 53 valence electrons. The van der Waals surface area contributed by atoms with Crippen molar-refractivity contribution in [2.75, 3.05) is 13.2 Å². The van der Waals surface area contributed by atoms with E-state index in [0.717, 1.165) is 0 Å². The maximum Gasteiger partial charge on any atom is 0.335 e. The normalized spacial score (nSPS) is 9.78. The molecule has 3 nitrogen and oxygen atoms in total. The van der Waals surface area contributed by atoms with Crippen molar-refractivity contribution >= 4 is 5.97 Å². The number of rotatable bonds is 3. The molecular formula is C6H11O3. The number of hydrogen-bond acceptors (Lipinski definition) is 2. The van der Waals surface area contributed by atoms with Gasteiger partial charge in [0, 0.05) is 0 Å². The van der Waals surface area contributed by atoms with E-state index >= 15 is 0 Å². The first-order valence-electron chi connectivity index (χ1n) is 2.90. The molecule has 0 aromatic carbocycles. The minimum absolute atomic E-state index is 0.306. The van der Waals surface area contributed by atoms with Gasteiger partial charge in [0.25, 0.3) is 0 Å². The standard InChI is InChI=1S/C6H11O3/c1-5(2)4-9-6(8)3-7/h5H,3-4H2,1-2H3. The Bertz CT molecular complexity index is 88.3. The van der Waals surface area contributed by atoms with Gasteiger partial charge in [-0.15, -0.1) is 0 Å².